The summed E-state index contributed by atoms with van der Waals surface area (Å²) < 4.78 is 19.8. The number of aryl methyl sites for hydroxylation is 1. The van der Waals surface area contributed by atoms with Gasteiger partial charge in [0, 0.05) is 24.1 Å². The summed E-state index contributed by atoms with van der Waals surface area (Å²) in [7, 11) is 0. The highest BCUT2D eigenvalue weighted by Gasteiger charge is 2.36. The second-order valence-corrected chi connectivity index (χ2v) is 8.71. The predicted molar refractivity (Wildman–Crippen MR) is 110 cm³/mol. The van der Waals surface area contributed by atoms with Crippen molar-refractivity contribution in [1.82, 2.24) is 5.32 Å². The van der Waals surface area contributed by atoms with Gasteiger partial charge in [0.1, 0.15) is 22.2 Å². The molecule has 2 aliphatic rings. The predicted octanol–water partition coefficient (Wildman–Crippen LogP) is 4.75. The molecule has 154 valence electrons. The SMILES string of the molecule is CC1(C)C[C@@H](NC(=O)Nc2cccc3c2C[C@@H](O)CC3)c2ccc(F)c(Cl)c2O1. The average molecular weight is 419 g/mol. The molecule has 3 N–H and O–H groups in total. The van der Waals surface area contributed by atoms with Crippen LogP contribution >= 0.6 is 11.6 Å². The zero-order chi connectivity index (χ0) is 20.8. The summed E-state index contributed by atoms with van der Waals surface area (Å²) >= 11 is 6.11. The minimum absolute atomic E-state index is 0.0754. The molecule has 1 aliphatic heterocycles. The summed E-state index contributed by atoms with van der Waals surface area (Å²) in [6.07, 6.45) is 2.16. The summed E-state index contributed by atoms with van der Waals surface area (Å²) in [5, 5.41) is 15.8. The number of fused-ring (bicyclic) bond motifs is 2. The number of rotatable bonds is 2. The number of urea groups is 1. The molecule has 2 aromatic rings. The first-order valence-corrected chi connectivity index (χ1v) is 10.1. The average Bonchev–Trinajstić information content (AvgIpc) is 2.65. The quantitative estimate of drug-likeness (QED) is 0.659. The lowest BCUT2D eigenvalue weighted by Gasteiger charge is -2.38. The molecular formula is C22H24ClFN2O3. The molecule has 1 aliphatic carbocycles. The second kappa shape index (κ2) is 7.50. The first kappa shape index (κ1) is 20.0. The second-order valence-electron chi connectivity index (χ2n) is 8.34. The van der Waals surface area contributed by atoms with E-state index in [0.717, 1.165) is 24.0 Å². The molecule has 5 nitrogen and oxygen atoms in total. The zero-order valence-corrected chi connectivity index (χ0v) is 17.1. The minimum Gasteiger partial charge on any atom is -0.486 e. The van der Waals surface area contributed by atoms with Crippen LogP contribution in [0.4, 0.5) is 14.9 Å². The van der Waals surface area contributed by atoms with Gasteiger partial charge in [-0.05, 0) is 49.9 Å². The van der Waals surface area contributed by atoms with Crippen LogP contribution in [0.5, 0.6) is 5.75 Å². The highest BCUT2D eigenvalue weighted by atomic mass is 35.5. The van der Waals surface area contributed by atoms with Crippen LogP contribution in [0, 0.1) is 5.82 Å². The van der Waals surface area contributed by atoms with E-state index >= 15 is 0 Å². The van der Waals surface area contributed by atoms with Gasteiger partial charge in [0.05, 0.1) is 12.1 Å². The fourth-order valence-corrected chi connectivity index (χ4v) is 4.39. The van der Waals surface area contributed by atoms with E-state index in [2.05, 4.69) is 10.6 Å². The first-order chi connectivity index (χ1) is 13.7. The van der Waals surface area contributed by atoms with Crippen molar-refractivity contribution in [1.29, 1.82) is 0 Å². The Labute approximate surface area is 174 Å². The van der Waals surface area contributed by atoms with E-state index in [1.165, 1.54) is 6.07 Å². The zero-order valence-electron chi connectivity index (χ0n) is 16.4. The highest BCUT2D eigenvalue weighted by molar-refractivity contribution is 6.32. The van der Waals surface area contributed by atoms with Crippen molar-refractivity contribution >= 4 is 23.3 Å². The Balaban J connectivity index is 1.56. The van der Waals surface area contributed by atoms with Crippen LogP contribution in [-0.2, 0) is 12.8 Å². The van der Waals surface area contributed by atoms with Crippen LogP contribution in [0.15, 0.2) is 30.3 Å². The van der Waals surface area contributed by atoms with Crippen molar-refractivity contribution in [2.24, 2.45) is 0 Å². The number of hydrogen-bond acceptors (Lipinski definition) is 3. The number of nitrogens with one attached hydrogen (secondary N) is 2. The van der Waals surface area contributed by atoms with Gasteiger partial charge in [0.15, 0.2) is 0 Å². The van der Waals surface area contributed by atoms with Gasteiger partial charge in [-0.1, -0.05) is 29.8 Å². The number of anilines is 1. The van der Waals surface area contributed by atoms with Gasteiger partial charge in [-0.2, -0.15) is 0 Å². The van der Waals surface area contributed by atoms with E-state index in [0.29, 0.717) is 24.1 Å². The number of hydrogen-bond donors (Lipinski definition) is 3. The Morgan fingerprint density at radius 1 is 1.31 bits per heavy atom. The van der Waals surface area contributed by atoms with Crippen LogP contribution in [0.2, 0.25) is 5.02 Å². The lowest BCUT2D eigenvalue weighted by atomic mass is 9.88. The third kappa shape index (κ3) is 4.05. The number of amides is 2. The molecule has 2 amide bonds. The molecule has 0 saturated heterocycles. The van der Waals surface area contributed by atoms with Crippen LogP contribution < -0.4 is 15.4 Å². The lowest BCUT2D eigenvalue weighted by Crippen LogP contribution is -2.42. The third-order valence-corrected chi connectivity index (χ3v) is 5.90. The van der Waals surface area contributed by atoms with E-state index in [9.17, 15) is 14.3 Å². The van der Waals surface area contributed by atoms with Crippen molar-refractivity contribution in [3.8, 4) is 5.75 Å². The number of halogens is 2. The number of ether oxygens (including phenoxy) is 1. The first-order valence-electron chi connectivity index (χ1n) is 9.77. The fraction of sp³-hybridized carbons (Fsp3) is 0.409. The van der Waals surface area contributed by atoms with E-state index in [1.54, 1.807) is 6.07 Å². The van der Waals surface area contributed by atoms with Gasteiger partial charge in [-0.25, -0.2) is 9.18 Å². The van der Waals surface area contributed by atoms with Crippen molar-refractivity contribution < 1.29 is 19.0 Å². The molecule has 0 bridgehead atoms. The van der Waals surface area contributed by atoms with Crippen LogP contribution in [0.3, 0.4) is 0 Å². The molecule has 0 unspecified atom stereocenters. The number of carbonyl (C=O) groups is 1. The van der Waals surface area contributed by atoms with Gasteiger partial charge in [0.25, 0.3) is 0 Å². The molecule has 1 heterocycles. The fourth-order valence-electron chi connectivity index (χ4n) is 4.18. The van der Waals surface area contributed by atoms with Crippen LogP contribution in [0.1, 0.15) is 49.4 Å². The standard InChI is InChI=1S/C22H24ClFN2O3/c1-22(2)11-18(14-8-9-16(24)19(23)20(14)29-22)26-21(28)25-17-5-3-4-12-6-7-13(27)10-15(12)17/h3-5,8-9,13,18,27H,6-7,10-11H2,1-2H3,(H2,25,26,28)/t13-,18+/m0/s1. The monoisotopic (exact) mass is 418 g/mol. The third-order valence-electron chi connectivity index (χ3n) is 5.54. The summed E-state index contributed by atoms with van der Waals surface area (Å²) in [5.74, 6) is -0.283. The molecule has 29 heavy (non-hydrogen) atoms. The van der Waals surface area contributed by atoms with Gasteiger partial charge in [-0.15, -0.1) is 0 Å². The van der Waals surface area contributed by atoms with Gasteiger partial charge in [0.2, 0.25) is 0 Å². The topological polar surface area (TPSA) is 70.6 Å². The molecule has 0 saturated carbocycles. The van der Waals surface area contributed by atoms with E-state index in [-0.39, 0.29) is 22.8 Å². The molecule has 0 fully saturated rings. The van der Waals surface area contributed by atoms with Crippen molar-refractivity contribution in [2.75, 3.05) is 5.32 Å². The van der Waals surface area contributed by atoms with Gasteiger partial charge < -0.3 is 20.5 Å². The summed E-state index contributed by atoms with van der Waals surface area (Å²) in [6.45, 7) is 3.75. The van der Waals surface area contributed by atoms with E-state index < -0.39 is 17.5 Å². The Bertz CT molecular complexity index is 963. The maximum Gasteiger partial charge on any atom is 0.319 e. The normalized spacial score (nSPS) is 22.1. The Kier molecular flexibility index (Phi) is 5.17. The molecular weight excluding hydrogens is 395 g/mol. The van der Waals surface area contributed by atoms with Gasteiger partial charge in [-0.3, -0.25) is 0 Å². The molecule has 2 aromatic carbocycles. The number of aliphatic hydroxyl groups excluding tert-OH is 1. The Hall–Kier alpha value is -2.31. The lowest BCUT2D eigenvalue weighted by molar-refractivity contribution is 0.0679. The van der Waals surface area contributed by atoms with Crippen molar-refractivity contribution in [2.45, 2.75) is 57.3 Å². The maximum atomic E-state index is 13.9. The molecule has 0 radical (unpaired) electrons. The highest BCUT2D eigenvalue weighted by Crippen LogP contribution is 2.44. The summed E-state index contributed by atoms with van der Waals surface area (Å²) in [6, 6.07) is 7.90. The molecule has 0 spiro atoms. The smallest absolute Gasteiger partial charge is 0.319 e. The van der Waals surface area contributed by atoms with E-state index in [1.807, 2.05) is 32.0 Å². The molecule has 4 rings (SSSR count). The summed E-state index contributed by atoms with van der Waals surface area (Å²) in [5.41, 5.74) is 2.85. The largest absolute Gasteiger partial charge is 0.486 e. The van der Waals surface area contributed by atoms with Crippen LogP contribution in [-0.4, -0.2) is 22.8 Å². The number of aliphatic hydroxyl groups is 1. The Morgan fingerprint density at radius 2 is 2.10 bits per heavy atom. The minimum atomic E-state index is -0.613. The Morgan fingerprint density at radius 3 is 2.90 bits per heavy atom. The van der Waals surface area contributed by atoms with E-state index in [4.69, 9.17) is 16.3 Å². The van der Waals surface area contributed by atoms with Crippen molar-refractivity contribution in [3.63, 3.8) is 0 Å². The van der Waals surface area contributed by atoms with Gasteiger partial charge >= 0.3 is 6.03 Å². The maximum absolute atomic E-state index is 13.9. The summed E-state index contributed by atoms with van der Waals surface area (Å²) in [4.78, 5) is 12.8. The number of carbonyl (C=O) groups excluding carboxylic acids is 1. The molecule has 7 heteroatoms. The van der Waals surface area contributed by atoms with Crippen LogP contribution in [0.25, 0.3) is 0 Å². The van der Waals surface area contributed by atoms with Crippen molar-refractivity contribution in [3.05, 3.63) is 57.9 Å². The number of benzene rings is 2. The molecule has 2 atom stereocenters. The molecule has 0 aromatic heterocycles.